The number of thioether (sulfide) groups is 1. The molecule has 0 N–H and O–H groups in total. The third kappa shape index (κ3) is 4.72. The molecule has 10 heteroatoms. The number of nitrogens with zero attached hydrogens (tertiary/aromatic N) is 5. The highest BCUT2D eigenvalue weighted by Crippen LogP contribution is 2.32. The van der Waals surface area contributed by atoms with E-state index in [0.29, 0.717) is 41.8 Å². The summed E-state index contributed by atoms with van der Waals surface area (Å²) in [5.41, 5.74) is 2.48. The van der Waals surface area contributed by atoms with E-state index in [1.807, 2.05) is 30.0 Å². The maximum absolute atomic E-state index is 12.3. The quantitative estimate of drug-likeness (QED) is 0.491. The van der Waals surface area contributed by atoms with Crippen LogP contribution < -0.4 is 14.5 Å². The number of carbonyl (C=O) groups excluding carboxylic acids is 1. The normalized spacial score (nSPS) is 18.5. The van der Waals surface area contributed by atoms with E-state index < -0.39 is 5.97 Å². The summed E-state index contributed by atoms with van der Waals surface area (Å²) in [6.45, 7) is 6.07. The lowest BCUT2D eigenvalue weighted by atomic mass is 10.1. The topological polar surface area (TPSA) is 89.9 Å². The number of ether oxygens (including phenoxy) is 3. The van der Waals surface area contributed by atoms with Gasteiger partial charge in [0.25, 0.3) is 0 Å². The predicted molar refractivity (Wildman–Crippen MR) is 138 cm³/mol. The largest absolute Gasteiger partial charge is 0.496 e. The number of pyridine rings is 1. The number of rotatable bonds is 5. The van der Waals surface area contributed by atoms with Gasteiger partial charge in [-0.25, -0.2) is 9.78 Å². The van der Waals surface area contributed by atoms with Gasteiger partial charge in [-0.15, -0.1) is 0 Å². The number of benzene rings is 1. The fraction of sp³-hybridized carbons (Fsp3) is 0.440. The standard InChI is InChI=1S/C25H29N5O4S/c1-16-15-34-11-8-30(16)23-18-5-6-20(17-4-7-21(32-2)19(14-17)24(31)33-3)26-22(18)27-25(28-23)29-9-12-35-13-10-29/h4-7,14,16H,8-13,15H2,1-3H3/t16-/m0/s1. The summed E-state index contributed by atoms with van der Waals surface area (Å²) < 4.78 is 15.9. The van der Waals surface area contributed by atoms with Crippen LogP contribution >= 0.6 is 11.8 Å². The second-order valence-corrected chi connectivity index (χ2v) is 9.76. The molecular formula is C25H29N5O4S. The molecule has 0 aliphatic carbocycles. The number of hydrogen-bond donors (Lipinski definition) is 0. The van der Waals surface area contributed by atoms with Crippen LogP contribution in [0.5, 0.6) is 5.75 Å². The van der Waals surface area contributed by atoms with Crippen LogP contribution in [-0.4, -0.2) is 85.5 Å². The van der Waals surface area contributed by atoms with Crippen molar-refractivity contribution in [3.05, 3.63) is 35.9 Å². The molecule has 2 aromatic heterocycles. The first-order valence-corrected chi connectivity index (χ1v) is 12.9. The van der Waals surface area contributed by atoms with Crippen LogP contribution in [-0.2, 0) is 9.47 Å². The molecule has 1 aromatic carbocycles. The average Bonchev–Trinajstić information content (AvgIpc) is 2.92. The first kappa shape index (κ1) is 23.6. The molecular weight excluding hydrogens is 466 g/mol. The Kier molecular flexibility index (Phi) is 6.92. The molecule has 0 radical (unpaired) electrons. The molecule has 2 saturated heterocycles. The molecule has 35 heavy (non-hydrogen) atoms. The highest BCUT2D eigenvalue weighted by Gasteiger charge is 2.25. The van der Waals surface area contributed by atoms with Crippen molar-refractivity contribution in [2.45, 2.75) is 13.0 Å². The van der Waals surface area contributed by atoms with Gasteiger partial charge < -0.3 is 24.0 Å². The second kappa shape index (κ2) is 10.2. The van der Waals surface area contributed by atoms with Gasteiger partial charge in [0.05, 0.1) is 44.6 Å². The van der Waals surface area contributed by atoms with Crippen LogP contribution in [0.1, 0.15) is 17.3 Å². The number of hydrogen-bond acceptors (Lipinski definition) is 10. The number of aromatic nitrogens is 3. The van der Waals surface area contributed by atoms with E-state index in [0.717, 1.165) is 47.9 Å². The van der Waals surface area contributed by atoms with E-state index in [2.05, 4.69) is 16.7 Å². The SMILES string of the molecule is COC(=O)c1cc(-c2ccc3c(N4CCOC[C@@H]4C)nc(N4CCSCC4)nc3n2)ccc1OC. The van der Waals surface area contributed by atoms with Crippen LogP contribution in [0.25, 0.3) is 22.3 Å². The van der Waals surface area contributed by atoms with E-state index in [1.165, 1.54) is 14.2 Å². The Morgan fingerprint density at radius 2 is 1.91 bits per heavy atom. The van der Waals surface area contributed by atoms with Crippen LogP contribution in [0.2, 0.25) is 0 Å². The monoisotopic (exact) mass is 495 g/mol. The zero-order chi connectivity index (χ0) is 24.4. The highest BCUT2D eigenvalue weighted by atomic mass is 32.2. The maximum atomic E-state index is 12.3. The van der Waals surface area contributed by atoms with E-state index in [9.17, 15) is 4.79 Å². The second-order valence-electron chi connectivity index (χ2n) is 8.54. The van der Waals surface area contributed by atoms with Gasteiger partial charge in [-0.2, -0.15) is 21.7 Å². The van der Waals surface area contributed by atoms with Crippen molar-refractivity contribution >= 4 is 40.5 Å². The van der Waals surface area contributed by atoms with Gasteiger partial charge in [-0.3, -0.25) is 0 Å². The number of carbonyl (C=O) groups is 1. The highest BCUT2D eigenvalue weighted by molar-refractivity contribution is 7.99. The minimum Gasteiger partial charge on any atom is -0.496 e. The van der Waals surface area contributed by atoms with Crippen molar-refractivity contribution in [3.8, 4) is 17.0 Å². The van der Waals surface area contributed by atoms with Crippen molar-refractivity contribution in [2.24, 2.45) is 0 Å². The zero-order valence-corrected chi connectivity index (χ0v) is 21.0. The first-order valence-electron chi connectivity index (χ1n) is 11.7. The fourth-order valence-corrected chi connectivity index (χ4v) is 5.35. The molecule has 2 aliphatic rings. The summed E-state index contributed by atoms with van der Waals surface area (Å²) in [4.78, 5) is 31.7. The zero-order valence-electron chi connectivity index (χ0n) is 20.2. The van der Waals surface area contributed by atoms with Crippen LogP contribution in [0.3, 0.4) is 0 Å². The lowest BCUT2D eigenvalue weighted by molar-refractivity contribution is 0.0597. The van der Waals surface area contributed by atoms with Gasteiger partial charge in [0.1, 0.15) is 17.1 Å². The Bertz CT molecular complexity index is 1230. The molecule has 0 spiro atoms. The molecule has 1 atom stereocenters. The maximum Gasteiger partial charge on any atom is 0.341 e. The average molecular weight is 496 g/mol. The van der Waals surface area contributed by atoms with E-state index in [4.69, 9.17) is 29.2 Å². The van der Waals surface area contributed by atoms with Crippen molar-refractivity contribution in [1.29, 1.82) is 0 Å². The van der Waals surface area contributed by atoms with E-state index in [1.54, 1.807) is 12.1 Å². The molecule has 184 valence electrons. The molecule has 0 bridgehead atoms. The molecule has 3 aromatic rings. The third-order valence-electron chi connectivity index (χ3n) is 6.36. The van der Waals surface area contributed by atoms with Gasteiger partial charge in [-0.1, -0.05) is 0 Å². The molecule has 4 heterocycles. The number of esters is 1. The van der Waals surface area contributed by atoms with Gasteiger partial charge >= 0.3 is 5.97 Å². The molecule has 9 nitrogen and oxygen atoms in total. The fourth-order valence-electron chi connectivity index (χ4n) is 4.45. The van der Waals surface area contributed by atoms with E-state index in [-0.39, 0.29) is 6.04 Å². The minimum absolute atomic E-state index is 0.204. The van der Waals surface area contributed by atoms with Gasteiger partial charge in [0, 0.05) is 36.7 Å². The summed E-state index contributed by atoms with van der Waals surface area (Å²) in [5, 5.41) is 0.902. The van der Waals surface area contributed by atoms with Crippen molar-refractivity contribution < 1.29 is 19.0 Å². The summed E-state index contributed by atoms with van der Waals surface area (Å²) in [7, 11) is 2.88. The molecule has 5 rings (SSSR count). The van der Waals surface area contributed by atoms with Crippen molar-refractivity contribution in [3.63, 3.8) is 0 Å². The molecule has 2 aliphatic heterocycles. The Labute approximate surface area is 208 Å². The lowest BCUT2D eigenvalue weighted by Gasteiger charge is -2.35. The summed E-state index contributed by atoms with van der Waals surface area (Å²) in [5.74, 6) is 3.71. The van der Waals surface area contributed by atoms with Crippen LogP contribution in [0.4, 0.5) is 11.8 Å². The number of morpholine rings is 1. The third-order valence-corrected chi connectivity index (χ3v) is 7.30. The smallest absolute Gasteiger partial charge is 0.341 e. The Balaban J connectivity index is 1.62. The van der Waals surface area contributed by atoms with Crippen molar-refractivity contribution in [2.75, 3.05) is 68.4 Å². The van der Waals surface area contributed by atoms with E-state index >= 15 is 0 Å². The number of methoxy groups -OCH3 is 2. The molecule has 2 fully saturated rings. The molecule has 0 amide bonds. The van der Waals surface area contributed by atoms with Crippen LogP contribution in [0.15, 0.2) is 30.3 Å². The molecule has 0 saturated carbocycles. The van der Waals surface area contributed by atoms with Gasteiger partial charge in [0.2, 0.25) is 5.95 Å². The van der Waals surface area contributed by atoms with Gasteiger partial charge in [0.15, 0.2) is 5.65 Å². The summed E-state index contributed by atoms with van der Waals surface area (Å²) >= 11 is 1.95. The molecule has 0 unspecified atom stereocenters. The Morgan fingerprint density at radius 3 is 2.66 bits per heavy atom. The Hall–Kier alpha value is -3.11. The summed E-state index contributed by atoms with van der Waals surface area (Å²) in [6.07, 6.45) is 0. The number of anilines is 2. The first-order chi connectivity index (χ1) is 17.1. The lowest BCUT2D eigenvalue weighted by Crippen LogP contribution is -2.44. The Morgan fingerprint density at radius 1 is 1.09 bits per heavy atom. The van der Waals surface area contributed by atoms with Crippen LogP contribution in [0, 0.1) is 0 Å². The minimum atomic E-state index is -0.458. The van der Waals surface area contributed by atoms with Crippen molar-refractivity contribution in [1.82, 2.24) is 15.0 Å². The van der Waals surface area contributed by atoms with Gasteiger partial charge in [-0.05, 0) is 37.3 Å². The summed E-state index contributed by atoms with van der Waals surface area (Å²) in [6, 6.07) is 9.55. The number of fused-ring (bicyclic) bond motifs is 1. The predicted octanol–water partition coefficient (Wildman–Crippen LogP) is 3.27.